The fourth-order valence-electron chi connectivity index (χ4n) is 1.09. The maximum Gasteiger partial charge on any atom is 0.416 e. The fourth-order valence-corrected chi connectivity index (χ4v) is 1.09. The Morgan fingerprint density at radius 1 is 1.25 bits per heavy atom. The van der Waals surface area contributed by atoms with E-state index in [4.69, 9.17) is 10.5 Å². The van der Waals surface area contributed by atoms with Gasteiger partial charge in [0, 0.05) is 5.56 Å². The molecule has 0 bridgehead atoms. The molecule has 0 amide bonds. The number of benzene rings is 1. The van der Waals surface area contributed by atoms with Crippen molar-refractivity contribution in [2.45, 2.75) is 6.18 Å². The van der Waals surface area contributed by atoms with Crippen LogP contribution in [-0.4, -0.2) is 0 Å². The lowest BCUT2D eigenvalue weighted by atomic mass is 10.1. The van der Waals surface area contributed by atoms with Gasteiger partial charge in [0.25, 0.3) is 0 Å². The van der Waals surface area contributed by atoms with Crippen molar-refractivity contribution in [3.8, 4) is 0 Å². The van der Waals surface area contributed by atoms with Gasteiger partial charge < -0.3 is 10.5 Å². The summed E-state index contributed by atoms with van der Waals surface area (Å²) >= 11 is 0. The van der Waals surface area contributed by atoms with Crippen molar-refractivity contribution in [1.82, 2.24) is 0 Å². The Labute approximate surface area is 90.8 Å². The molecule has 1 rings (SSSR count). The Bertz CT molecular complexity index is 423. The van der Waals surface area contributed by atoms with E-state index in [9.17, 15) is 13.2 Å². The maximum absolute atomic E-state index is 12.4. The van der Waals surface area contributed by atoms with Gasteiger partial charge in [-0.3, -0.25) is 0 Å². The van der Waals surface area contributed by atoms with Crippen molar-refractivity contribution in [2.24, 2.45) is 5.73 Å². The number of hydrogen-bond acceptors (Lipinski definition) is 2. The molecule has 0 saturated carbocycles. The molecule has 2 N–H and O–H groups in total. The van der Waals surface area contributed by atoms with Gasteiger partial charge >= 0.3 is 6.18 Å². The van der Waals surface area contributed by atoms with E-state index in [1.54, 1.807) is 0 Å². The Morgan fingerprint density at radius 3 is 2.38 bits per heavy atom. The molecule has 0 fully saturated rings. The summed E-state index contributed by atoms with van der Waals surface area (Å²) in [6.07, 6.45) is -4.39. The Balaban J connectivity index is 2.99. The van der Waals surface area contributed by atoms with Crippen molar-refractivity contribution >= 4 is 5.76 Å². The lowest BCUT2D eigenvalue weighted by Gasteiger charge is -2.11. The number of alkyl halides is 3. The van der Waals surface area contributed by atoms with Gasteiger partial charge in [0.1, 0.15) is 5.76 Å². The molecule has 0 radical (unpaired) electrons. The zero-order valence-electron chi connectivity index (χ0n) is 8.34. The number of rotatable bonds is 3. The second kappa shape index (κ2) is 4.30. The first kappa shape index (κ1) is 12.2. The molecule has 0 atom stereocenters. The maximum atomic E-state index is 12.4. The normalized spacial score (nSPS) is 10.9. The summed E-state index contributed by atoms with van der Waals surface area (Å²) in [6.45, 7) is 6.72. The molecule has 0 aliphatic carbocycles. The van der Waals surface area contributed by atoms with E-state index in [-0.39, 0.29) is 17.2 Å². The molecule has 0 spiro atoms. The minimum atomic E-state index is -4.39. The van der Waals surface area contributed by atoms with Crippen LogP contribution in [0.2, 0.25) is 0 Å². The van der Waals surface area contributed by atoms with Crippen LogP contribution in [0.5, 0.6) is 0 Å². The van der Waals surface area contributed by atoms with Crippen molar-refractivity contribution in [3.63, 3.8) is 0 Å². The van der Waals surface area contributed by atoms with Crippen molar-refractivity contribution in [3.05, 3.63) is 54.4 Å². The van der Waals surface area contributed by atoms with E-state index in [0.29, 0.717) is 0 Å². The summed E-state index contributed by atoms with van der Waals surface area (Å²) in [7, 11) is 0. The van der Waals surface area contributed by atoms with Gasteiger partial charge in [-0.25, -0.2) is 0 Å². The molecule has 1 aromatic carbocycles. The Hall–Kier alpha value is -1.91. The third-order valence-electron chi connectivity index (χ3n) is 1.77. The number of ether oxygens (including phenoxy) is 1. The largest absolute Gasteiger partial charge is 0.442 e. The third kappa shape index (κ3) is 3.05. The van der Waals surface area contributed by atoms with Gasteiger partial charge in [-0.2, -0.15) is 13.2 Å². The van der Waals surface area contributed by atoms with E-state index in [1.165, 1.54) is 12.1 Å². The van der Waals surface area contributed by atoms with Crippen LogP contribution in [0.1, 0.15) is 11.1 Å². The van der Waals surface area contributed by atoms with Gasteiger partial charge in [-0.1, -0.05) is 18.7 Å². The molecule has 0 unspecified atom stereocenters. The van der Waals surface area contributed by atoms with E-state index < -0.39 is 11.7 Å². The van der Waals surface area contributed by atoms with Crippen molar-refractivity contribution in [2.75, 3.05) is 0 Å². The molecule has 0 heterocycles. The molecule has 2 nitrogen and oxygen atoms in total. The zero-order chi connectivity index (χ0) is 12.3. The second-order valence-electron chi connectivity index (χ2n) is 3.07. The summed E-state index contributed by atoms with van der Waals surface area (Å²) in [5.74, 6) is -0.0963. The SMILES string of the molecule is C=C(N)OC(=C)c1cccc(C(F)(F)F)c1. The van der Waals surface area contributed by atoms with E-state index >= 15 is 0 Å². The molecule has 1 aromatic rings. The Morgan fingerprint density at radius 2 is 1.88 bits per heavy atom. The second-order valence-corrected chi connectivity index (χ2v) is 3.07. The van der Waals surface area contributed by atoms with E-state index in [0.717, 1.165) is 12.1 Å². The van der Waals surface area contributed by atoms with Crippen LogP contribution in [0.3, 0.4) is 0 Å². The summed E-state index contributed by atoms with van der Waals surface area (Å²) in [4.78, 5) is 0. The molecule has 16 heavy (non-hydrogen) atoms. The van der Waals surface area contributed by atoms with Gasteiger partial charge in [-0.05, 0) is 18.7 Å². The van der Waals surface area contributed by atoms with Gasteiger partial charge in [0.15, 0.2) is 5.88 Å². The first-order valence-corrected chi connectivity index (χ1v) is 4.29. The quantitative estimate of drug-likeness (QED) is 0.808. The molecular weight excluding hydrogens is 219 g/mol. The van der Waals surface area contributed by atoms with Gasteiger partial charge in [0.05, 0.1) is 5.56 Å². The molecule has 0 aliphatic rings. The fraction of sp³-hybridized carbons (Fsp3) is 0.0909. The van der Waals surface area contributed by atoms with Gasteiger partial charge in [-0.15, -0.1) is 0 Å². The Kier molecular flexibility index (Phi) is 3.27. The van der Waals surface area contributed by atoms with E-state index in [2.05, 4.69) is 13.2 Å². The minimum Gasteiger partial charge on any atom is -0.442 e. The monoisotopic (exact) mass is 229 g/mol. The smallest absolute Gasteiger partial charge is 0.416 e. The van der Waals surface area contributed by atoms with Crippen molar-refractivity contribution < 1.29 is 17.9 Å². The highest BCUT2D eigenvalue weighted by molar-refractivity contribution is 5.59. The predicted octanol–water partition coefficient (Wildman–Crippen LogP) is 3.12. The number of nitrogens with two attached hydrogens (primary N) is 1. The average Bonchev–Trinajstić information content (AvgIpc) is 2.15. The molecular formula is C11H10F3NO. The third-order valence-corrected chi connectivity index (χ3v) is 1.77. The van der Waals surface area contributed by atoms with Gasteiger partial charge in [0.2, 0.25) is 0 Å². The first-order chi connectivity index (χ1) is 7.30. The highest BCUT2D eigenvalue weighted by Crippen LogP contribution is 2.30. The molecule has 5 heteroatoms. The lowest BCUT2D eigenvalue weighted by Crippen LogP contribution is -2.06. The van der Waals surface area contributed by atoms with Crippen molar-refractivity contribution in [1.29, 1.82) is 0 Å². The van der Waals surface area contributed by atoms with Crippen LogP contribution < -0.4 is 5.73 Å². The minimum absolute atomic E-state index is 0.0265. The number of hydrogen-bond donors (Lipinski definition) is 1. The summed E-state index contributed by atoms with van der Waals surface area (Å²) in [6, 6.07) is 4.62. The lowest BCUT2D eigenvalue weighted by molar-refractivity contribution is -0.137. The van der Waals surface area contributed by atoms with Crippen LogP contribution in [0.25, 0.3) is 5.76 Å². The van der Waals surface area contributed by atoms with Crippen LogP contribution in [0.15, 0.2) is 43.3 Å². The molecule has 0 aliphatic heterocycles. The average molecular weight is 229 g/mol. The highest BCUT2D eigenvalue weighted by Gasteiger charge is 2.30. The van der Waals surface area contributed by atoms with Crippen LogP contribution in [0.4, 0.5) is 13.2 Å². The van der Waals surface area contributed by atoms with Crippen LogP contribution in [-0.2, 0) is 10.9 Å². The number of halogens is 3. The summed E-state index contributed by atoms with van der Waals surface area (Å²) in [5, 5.41) is 0. The highest BCUT2D eigenvalue weighted by atomic mass is 19.4. The summed E-state index contributed by atoms with van der Waals surface area (Å²) in [5.41, 5.74) is 4.60. The standard InChI is InChI=1S/C11H10F3NO/c1-7(16-8(2)15)9-4-3-5-10(6-9)11(12,13)14/h3-6H,1-2,15H2. The summed E-state index contributed by atoms with van der Waals surface area (Å²) < 4.78 is 42.0. The molecule has 86 valence electrons. The topological polar surface area (TPSA) is 35.2 Å². The first-order valence-electron chi connectivity index (χ1n) is 4.29. The molecule has 0 saturated heterocycles. The van der Waals surface area contributed by atoms with E-state index in [1.807, 2.05) is 0 Å². The van der Waals surface area contributed by atoms with Crippen LogP contribution in [0, 0.1) is 0 Å². The predicted molar refractivity (Wildman–Crippen MR) is 54.9 cm³/mol. The molecule has 0 aromatic heterocycles. The zero-order valence-corrected chi connectivity index (χ0v) is 8.34. The van der Waals surface area contributed by atoms with Crippen LogP contribution >= 0.6 is 0 Å².